The van der Waals surface area contributed by atoms with Crippen molar-refractivity contribution in [3.63, 3.8) is 0 Å². The van der Waals surface area contributed by atoms with Gasteiger partial charge in [0, 0.05) is 25.2 Å². The molecule has 0 radical (unpaired) electrons. The van der Waals surface area contributed by atoms with Gasteiger partial charge in [0.25, 0.3) is 0 Å². The van der Waals surface area contributed by atoms with Crippen molar-refractivity contribution in [3.05, 3.63) is 36.2 Å². The quantitative estimate of drug-likeness (QED) is 0.847. The molecule has 2 amide bonds. The molecule has 0 aliphatic carbocycles. The normalized spacial score (nSPS) is 11.2. The Balaban J connectivity index is 2.13. The summed E-state index contributed by atoms with van der Waals surface area (Å²) in [6.07, 6.45) is 0. The van der Waals surface area contributed by atoms with E-state index in [1.165, 1.54) is 21.3 Å². The second kappa shape index (κ2) is 7.69. The fraction of sp³-hybridized carbons (Fsp3) is 0.412. The standard InChI is InChI=1S/C17H23N5O2S/c1-17(2,3)14-19-15(22(20-14)16(24)21(4)5)25-11-13(23)18-12-9-7-6-8-10-12/h6-10H,11H2,1-5H3,(H,18,23). The second-order valence-electron chi connectivity index (χ2n) is 6.76. The Morgan fingerprint density at radius 2 is 1.84 bits per heavy atom. The van der Waals surface area contributed by atoms with Crippen LogP contribution in [0, 0.1) is 0 Å². The molecule has 1 aromatic carbocycles. The van der Waals surface area contributed by atoms with Crippen LogP contribution >= 0.6 is 11.8 Å². The number of rotatable bonds is 4. The van der Waals surface area contributed by atoms with Crippen molar-refractivity contribution < 1.29 is 9.59 Å². The summed E-state index contributed by atoms with van der Waals surface area (Å²) in [5, 5.41) is 7.54. The Kier molecular flexibility index (Phi) is 5.84. The first-order valence-corrected chi connectivity index (χ1v) is 8.84. The van der Waals surface area contributed by atoms with Crippen molar-refractivity contribution in [1.29, 1.82) is 0 Å². The lowest BCUT2D eigenvalue weighted by atomic mass is 9.96. The first-order valence-electron chi connectivity index (χ1n) is 7.85. The van der Waals surface area contributed by atoms with Crippen LogP contribution in [0.2, 0.25) is 0 Å². The van der Waals surface area contributed by atoms with Gasteiger partial charge < -0.3 is 10.2 Å². The first-order chi connectivity index (χ1) is 11.7. The lowest BCUT2D eigenvalue weighted by Gasteiger charge is -2.13. The number of amides is 2. The average molecular weight is 361 g/mol. The first kappa shape index (κ1) is 19.0. The summed E-state index contributed by atoms with van der Waals surface area (Å²) in [5.74, 6) is 0.534. The highest BCUT2D eigenvalue weighted by molar-refractivity contribution is 7.99. The van der Waals surface area contributed by atoms with Crippen LogP contribution in [-0.4, -0.2) is 51.5 Å². The molecule has 25 heavy (non-hydrogen) atoms. The maximum Gasteiger partial charge on any atom is 0.346 e. The van der Waals surface area contributed by atoms with Crippen molar-refractivity contribution in [2.24, 2.45) is 0 Å². The minimum absolute atomic E-state index is 0.137. The van der Waals surface area contributed by atoms with Crippen LogP contribution < -0.4 is 5.32 Å². The van der Waals surface area contributed by atoms with Crippen LogP contribution in [0.25, 0.3) is 0 Å². The molecule has 1 N–H and O–H groups in total. The highest BCUT2D eigenvalue weighted by Crippen LogP contribution is 2.23. The molecule has 2 aromatic rings. The fourth-order valence-corrected chi connectivity index (χ4v) is 2.60. The maximum atomic E-state index is 12.3. The molecule has 1 heterocycles. The minimum Gasteiger partial charge on any atom is -0.329 e. The van der Waals surface area contributed by atoms with Crippen LogP contribution in [0.5, 0.6) is 0 Å². The van der Waals surface area contributed by atoms with Crippen LogP contribution in [-0.2, 0) is 10.2 Å². The Hall–Kier alpha value is -2.35. The monoisotopic (exact) mass is 361 g/mol. The van der Waals surface area contributed by atoms with Crippen molar-refractivity contribution in [3.8, 4) is 0 Å². The Morgan fingerprint density at radius 3 is 2.40 bits per heavy atom. The molecular formula is C17H23N5O2S. The van der Waals surface area contributed by atoms with Gasteiger partial charge in [-0.1, -0.05) is 50.7 Å². The van der Waals surface area contributed by atoms with Gasteiger partial charge in [-0.05, 0) is 12.1 Å². The van der Waals surface area contributed by atoms with Gasteiger partial charge in [-0.25, -0.2) is 9.78 Å². The summed E-state index contributed by atoms with van der Waals surface area (Å²) in [5.41, 5.74) is 0.439. The Labute approximate surface area is 151 Å². The van der Waals surface area contributed by atoms with E-state index in [1.54, 1.807) is 14.1 Å². The van der Waals surface area contributed by atoms with Crippen LogP contribution in [0.1, 0.15) is 26.6 Å². The highest BCUT2D eigenvalue weighted by Gasteiger charge is 2.25. The van der Waals surface area contributed by atoms with Crippen molar-refractivity contribution in [2.45, 2.75) is 31.3 Å². The van der Waals surface area contributed by atoms with Crippen LogP contribution in [0.15, 0.2) is 35.5 Å². The predicted octanol–water partition coefficient (Wildman–Crippen LogP) is 2.84. The predicted molar refractivity (Wildman–Crippen MR) is 99.0 cm³/mol. The molecule has 0 atom stereocenters. The molecule has 0 aliphatic rings. The Bertz CT molecular complexity index is 750. The lowest BCUT2D eigenvalue weighted by molar-refractivity contribution is -0.113. The molecule has 0 saturated heterocycles. The Morgan fingerprint density at radius 1 is 1.20 bits per heavy atom. The fourth-order valence-electron chi connectivity index (χ4n) is 1.87. The van der Waals surface area contributed by atoms with E-state index in [0.717, 1.165) is 5.69 Å². The van der Waals surface area contributed by atoms with E-state index in [4.69, 9.17) is 0 Å². The van der Waals surface area contributed by atoms with E-state index in [1.807, 2.05) is 51.1 Å². The third-order valence-corrected chi connectivity index (χ3v) is 4.13. The maximum absolute atomic E-state index is 12.3. The molecule has 7 nitrogen and oxygen atoms in total. The highest BCUT2D eigenvalue weighted by atomic mass is 32.2. The van der Waals surface area contributed by atoms with Gasteiger partial charge in [0.05, 0.1) is 5.75 Å². The van der Waals surface area contributed by atoms with Crippen molar-refractivity contribution in [2.75, 3.05) is 25.2 Å². The van der Waals surface area contributed by atoms with Gasteiger partial charge in [-0.2, -0.15) is 4.68 Å². The molecular weight excluding hydrogens is 338 g/mol. The molecule has 134 valence electrons. The summed E-state index contributed by atoms with van der Waals surface area (Å²) in [7, 11) is 3.30. The smallest absolute Gasteiger partial charge is 0.329 e. The molecule has 0 saturated carbocycles. The van der Waals surface area contributed by atoms with Gasteiger partial charge in [0.1, 0.15) is 0 Å². The number of hydrogen-bond acceptors (Lipinski definition) is 5. The number of hydrogen-bond donors (Lipinski definition) is 1. The molecule has 2 rings (SSSR count). The average Bonchev–Trinajstić information content (AvgIpc) is 2.97. The summed E-state index contributed by atoms with van der Waals surface area (Å²) < 4.78 is 1.25. The number of nitrogens with zero attached hydrogens (tertiary/aromatic N) is 4. The van der Waals surface area contributed by atoms with Crippen LogP contribution in [0.4, 0.5) is 10.5 Å². The molecule has 1 aromatic heterocycles. The molecule has 0 fully saturated rings. The molecule has 0 aliphatic heterocycles. The van der Waals surface area contributed by atoms with E-state index in [-0.39, 0.29) is 23.1 Å². The summed E-state index contributed by atoms with van der Waals surface area (Å²) in [4.78, 5) is 30.3. The van der Waals surface area contributed by atoms with E-state index in [2.05, 4.69) is 15.4 Å². The zero-order valence-corrected chi connectivity index (χ0v) is 15.9. The third-order valence-electron chi connectivity index (χ3n) is 3.20. The molecule has 0 unspecified atom stereocenters. The lowest BCUT2D eigenvalue weighted by Crippen LogP contribution is -2.29. The zero-order chi connectivity index (χ0) is 18.6. The number of benzene rings is 1. The second-order valence-corrected chi connectivity index (χ2v) is 7.70. The SMILES string of the molecule is CN(C)C(=O)n1nc(C(C)(C)C)nc1SCC(=O)Nc1ccccc1. The van der Waals surface area contributed by atoms with Crippen LogP contribution in [0.3, 0.4) is 0 Å². The number of para-hydroxylation sites is 1. The molecule has 0 bridgehead atoms. The van der Waals surface area contributed by atoms with Gasteiger partial charge in [0.15, 0.2) is 11.0 Å². The van der Waals surface area contributed by atoms with Gasteiger partial charge in [0.2, 0.25) is 5.91 Å². The summed E-state index contributed by atoms with van der Waals surface area (Å²) in [6.45, 7) is 5.93. The minimum atomic E-state index is -0.297. The number of carbonyl (C=O) groups is 2. The van der Waals surface area contributed by atoms with Gasteiger partial charge >= 0.3 is 6.03 Å². The number of anilines is 1. The van der Waals surface area contributed by atoms with E-state index < -0.39 is 0 Å². The third kappa shape index (κ3) is 5.06. The molecule has 8 heteroatoms. The van der Waals surface area contributed by atoms with E-state index in [0.29, 0.717) is 11.0 Å². The zero-order valence-electron chi connectivity index (χ0n) is 15.1. The largest absolute Gasteiger partial charge is 0.346 e. The number of thioether (sulfide) groups is 1. The number of aromatic nitrogens is 3. The number of carbonyl (C=O) groups excluding carboxylic acids is 2. The topological polar surface area (TPSA) is 80.1 Å². The summed E-state index contributed by atoms with van der Waals surface area (Å²) >= 11 is 1.19. The molecule has 0 spiro atoms. The van der Waals surface area contributed by atoms with Crippen molar-refractivity contribution >= 4 is 29.4 Å². The van der Waals surface area contributed by atoms with Crippen molar-refractivity contribution in [1.82, 2.24) is 19.7 Å². The van der Waals surface area contributed by atoms with E-state index >= 15 is 0 Å². The van der Waals surface area contributed by atoms with Gasteiger partial charge in [-0.15, -0.1) is 5.10 Å². The number of nitrogens with one attached hydrogen (secondary N) is 1. The summed E-state index contributed by atoms with van der Waals surface area (Å²) in [6, 6.07) is 8.92. The van der Waals surface area contributed by atoms with Gasteiger partial charge in [-0.3, -0.25) is 4.79 Å². The van der Waals surface area contributed by atoms with E-state index in [9.17, 15) is 9.59 Å².